The maximum Gasteiger partial charge on any atom is 0.431 e. The number of ether oxygens (including phenoxy) is 1. The molecule has 0 radical (unpaired) electrons. The van der Waals surface area contributed by atoms with Crippen molar-refractivity contribution in [3.63, 3.8) is 0 Å². The number of halogens is 28. The summed E-state index contributed by atoms with van der Waals surface area (Å²) < 4.78 is 360. The van der Waals surface area contributed by atoms with E-state index in [0.29, 0.717) is 6.92 Å². The van der Waals surface area contributed by atoms with E-state index in [0.717, 1.165) is 6.92 Å². The monoisotopic (exact) mass is 888 g/mol. The lowest BCUT2D eigenvalue weighted by Crippen LogP contribution is -2.57. The highest BCUT2D eigenvalue weighted by Crippen LogP contribution is 2.57. The second-order valence-corrected chi connectivity index (χ2v) is 11.7. The predicted molar refractivity (Wildman–Crippen MR) is 125 cm³/mol. The molecule has 0 aromatic rings. The molecule has 332 valence electrons. The molecule has 0 aromatic carbocycles. The molecule has 30 heteroatoms. The number of carbonyl (C=O) groups is 1. The van der Waals surface area contributed by atoms with Crippen LogP contribution in [-0.2, 0) is 9.53 Å². The van der Waals surface area contributed by atoms with Gasteiger partial charge in [-0.2, -0.15) is 105 Å². The maximum atomic E-state index is 13.8. The summed E-state index contributed by atoms with van der Waals surface area (Å²) in [6.07, 6.45) is -68.7. The van der Waals surface area contributed by atoms with Crippen molar-refractivity contribution in [3.05, 3.63) is 0 Å². The summed E-state index contributed by atoms with van der Waals surface area (Å²) in [4.78, 5) is 10.5. The molecule has 0 saturated heterocycles. The zero-order valence-corrected chi connectivity index (χ0v) is 26.7. The molecule has 0 amide bonds. The third-order valence-corrected chi connectivity index (χ3v) is 7.40. The Kier molecular flexibility index (Phi) is 17.0. The minimum Gasteiger partial charge on any atom is -0.466 e. The van der Waals surface area contributed by atoms with Gasteiger partial charge in [0.05, 0.1) is 6.61 Å². The number of alkyl halides is 28. The number of carbonyl (C=O) groups excluding carboxylic acids is 1. The second-order valence-electron chi connectivity index (χ2n) is 11.7. The Labute approximate surface area is 288 Å². The molecule has 0 atom stereocenters. The maximum absolute atomic E-state index is 13.8. The third kappa shape index (κ3) is 13.0. The Morgan fingerprint density at radius 1 is 0.382 bits per heavy atom. The van der Waals surface area contributed by atoms with Crippen molar-refractivity contribution in [2.75, 3.05) is 6.61 Å². The fraction of sp³-hybridized carbons (Fsp3) is 0.960. The van der Waals surface area contributed by atoms with Crippen LogP contribution in [0.15, 0.2) is 0 Å². The highest BCUT2D eigenvalue weighted by atomic mass is 19.5. The largest absolute Gasteiger partial charge is 0.466 e. The first-order valence-electron chi connectivity index (χ1n) is 14.1. The molecular weight excluding hydrogens is 864 g/mol. The molecule has 0 spiro atoms. The molecule has 0 unspecified atom stereocenters. The summed E-state index contributed by atoms with van der Waals surface area (Å²) in [5.74, 6) is -7.22. The molecule has 0 saturated carbocycles. The molecule has 0 rings (SSSR count). The van der Waals surface area contributed by atoms with E-state index in [2.05, 4.69) is 4.74 Å². The predicted octanol–water partition coefficient (Wildman–Crippen LogP) is 12.9. The molecule has 0 aliphatic carbocycles. The third-order valence-electron chi connectivity index (χ3n) is 7.40. The van der Waals surface area contributed by atoms with Crippen LogP contribution in [0.2, 0.25) is 0 Å². The topological polar surface area (TPSA) is 26.3 Å². The van der Waals surface area contributed by atoms with Crippen molar-refractivity contribution in [2.24, 2.45) is 11.8 Å². The van der Waals surface area contributed by atoms with Gasteiger partial charge < -0.3 is 4.74 Å². The number of esters is 1. The standard InChI is InChI=1S/C13H12F14O2.C12H12F14/c1-6(28)29-3-2-7(4-8(14,10(16,17)18)11(19,20)21)5-9(15,12(22,23)24)13(25,26)27;1-2-3-6(4-7(13,9(15,16)17)10(18,19)20)5-8(14,11(21,22)23)12(24,25)26/h7H,2-5H2,1H3;6H,2-5H2,1H3. The van der Waals surface area contributed by atoms with Crippen molar-refractivity contribution in [3.8, 4) is 0 Å². The highest BCUT2D eigenvalue weighted by molar-refractivity contribution is 5.65. The van der Waals surface area contributed by atoms with Crippen LogP contribution in [0, 0.1) is 11.8 Å². The van der Waals surface area contributed by atoms with Crippen LogP contribution in [0.4, 0.5) is 123 Å². The van der Waals surface area contributed by atoms with E-state index in [1.54, 1.807) is 0 Å². The van der Waals surface area contributed by atoms with Crippen LogP contribution in [0.3, 0.4) is 0 Å². The van der Waals surface area contributed by atoms with Crippen LogP contribution in [0.1, 0.15) is 58.8 Å². The molecular formula is C25H24F28O2. The molecule has 55 heavy (non-hydrogen) atoms. The molecule has 0 fully saturated rings. The lowest BCUT2D eigenvalue weighted by molar-refractivity contribution is -0.358. The normalized spacial score (nSPS) is 15.3. The van der Waals surface area contributed by atoms with Crippen LogP contribution in [0.5, 0.6) is 0 Å². The lowest BCUT2D eigenvalue weighted by Gasteiger charge is -2.37. The van der Waals surface area contributed by atoms with Gasteiger partial charge in [0.1, 0.15) is 0 Å². The van der Waals surface area contributed by atoms with Crippen LogP contribution >= 0.6 is 0 Å². The molecule has 0 aliphatic heterocycles. The Hall–Kier alpha value is -2.49. The smallest absolute Gasteiger partial charge is 0.431 e. The van der Waals surface area contributed by atoms with Crippen molar-refractivity contribution >= 4 is 5.97 Å². The summed E-state index contributed by atoms with van der Waals surface area (Å²) in [6.45, 7) is 0.359. The van der Waals surface area contributed by atoms with Gasteiger partial charge in [-0.3, -0.25) is 4.79 Å². The minimum absolute atomic E-state index is 0.512. The van der Waals surface area contributed by atoms with E-state index in [9.17, 15) is 128 Å². The van der Waals surface area contributed by atoms with Gasteiger partial charge in [0, 0.05) is 32.6 Å². The molecule has 0 bridgehead atoms. The Bertz CT molecular complexity index is 1060. The van der Waals surface area contributed by atoms with Gasteiger partial charge in [-0.1, -0.05) is 19.8 Å². The number of hydrogen-bond acceptors (Lipinski definition) is 2. The van der Waals surface area contributed by atoms with Crippen molar-refractivity contribution in [1.29, 1.82) is 0 Å². The van der Waals surface area contributed by atoms with Crippen LogP contribution in [-0.4, -0.2) is 84.7 Å². The van der Waals surface area contributed by atoms with Crippen LogP contribution < -0.4 is 0 Å². The van der Waals surface area contributed by atoms with Crippen molar-refractivity contribution in [1.82, 2.24) is 0 Å². The number of hydrogen-bond donors (Lipinski definition) is 0. The summed E-state index contributed by atoms with van der Waals surface area (Å²) in [6, 6.07) is 0. The van der Waals surface area contributed by atoms with E-state index in [4.69, 9.17) is 0 Å². The molecule has 0 aromatic heterocycles. The first kappa shape index (κ1) is 54.6. The summed E-state index contributed by atoms with van der Waals surface area (Å²) >= 11 is 0. The van der Waals surface area contributed by atoms with E-state index >= 15 is 0 Å². The summed E-state index contributed by atoms with van der Waals surface area (Å²) in [5, 5.41) is 0. The van der Waals surface area contributed by atoms with Gasteiger partial charge >= 0.3 is 55.4 Å². The first-order valence-corrected chi connectivity index (χ1v) is 14.1. The Morgan fingerprint density at radius 2 is 0.564 bits per heavy atom. The zero-order valence-electron chi connectivity index (χ0n) is 26.7. The van der Waals surface area contributed by atoms with Gasteiger partial charge in [-0.25, -0.2) is 17.6 Å². The van der Waals surface area contributed by atoms with E-state index in [1.165, 1.54) is 0 Å². The first-order chi connectivity index (χ1) is 23.6. The number of rotatable bonds is 13. The van der Waals surface area contributed by atoms with Crippen molar-refractivity contribution in [2.45, 2.75) is 131 Å². The fourth-order valence-corrected chi connectivity index (χ4v) is 4.49. The fourth-order valence-electron chi connectivity index (χ4n) is 4.49. The van der Waals surface area contributed by atoms with Gasteiger partial charge in [0.25, 0.3) is 22.7 Å². The Morgan fingerprint density at radius 3 is 0.709 bits per heavy atom. The second kappa shape index (κ2) is 17.2. The molecule has 0 heterocycles. The van der Waals surface area contributed by atoms with Crippen molar-refractivity contribution < 1.29 is 132 Å². The van der Waals surface area contributed by atoms with Gasteiger partial charge in [0.2, 0.25) is 0 Å². The van der Waals surface area contributed by atoms with Gasteiger partial charge in [-0.05, 0) is 18.3 Å². The molecule has 2 nitrogen and oxygen atoms in total. The summed E-state index contributed by atoms with van der Waals surface area (Å²) in [5.41, 5.74) is -24.6. The quantitative estimate of drug-likeness (QED) is 0.136. The van der Waals surface area contributed by atoms with E-state index in [1.807, 2.05) is 0 Å². The lowest BCUT2D eigenvalue weighted by atomic mass is 9.80. The van der Waals surface area contributed by atoms with Gasteiger partial charge in [-0.15, -0.1) is 0 Å². The van der Waals surface area contributed by atoms with Gasteiger partial charge in [0.15, 0.2) is 0 Å². The average molecular weight is 888 g/mol. The van der Waals surface area contributed by atoms with E-state index < -0.39 is 141 Å². The molecule has 0 aliphatic rings. The highest BCUT2D eigenvalue weighted by Gasteiger charge is 2.77. The Balaban J connectivity index is 0. The van der Waals surface area contributed by atoms with E-state index in [-0.39, 0.29) is 0 Å². The minimum atomic E-state index is -6.79. The zero-order chi connectivity index (χ0) is 45.1. The molecule has 0 N–H and O–H groups in total. The van der Waals surface area contributed by atoms with Crippen LogP contribution in [0.25, 0.3) is 0 Å². The summed E-state index contributed by atoms with van der Waals surface area (Å²) in [7, 11) is 0. The average Bonchev–Trinajstić information content (AvgIpc) is 2.88. The SMILES string of the molecule is CC(=O)OCCC(CC(F)(C(F)(F)F)C(F)(F)F)CC(F)(C(F)(F)F)C(F)(F)F.CCCC(CC(F)(C(F)(F)F)C(F)(F)F)CC(F)(C(F)(F)F)C(F)(F)F.